The van der Waals surface area contributed by atoms with E-state index in [1.165, 1.54) is 17.3 Å². The molecular formula is C22H26N4OS. The van der Waals surface area contributed by atoms with Crippen LogP contribution in [0.5, 0.6) is 0 Å². The second-order valence-corrected chi connectivity index (χ2v) is 9.23. The lowest BCUT2D eigenvalue weighted by molar-refractivity contribution is -0.117. The Balaban J connectivity index is 2.13. The molecule has 3 rings (SSSR count). The molecule has 0 aliphatic heterocycles. The van der Waals surface area contributed by atoms with Crippen molar-refractivity contribution in [1.82, 2.24) is 14.8 Å². The maximum atomic E-state index is 11.6. The quantitative estimate of drug-likeness (QED) is 0.646. The molecule has 0 aliphatic rings. The lowest BCUT2D eigenvalue weighted by atomic mass is 9.87. The Bertz CT molecular complexity index is 987. The number of para-hydroxylation sites is 1. The molecule has 1 heterocycles. The van der Waals surface area contributed by atoms with Crippen LogP contribution in [0, 0.1) is 6.92 Å². The van der Waals surface area contributed by atoms with Gasteiger partial charge in [-0.15, -0.1) is 10.2 Å². The van der Waals surface area contributed by atoms with Gasteiger partial charge in [-0.25, -0.2) is 0 Å². The number of benzene rings is 2. The third-order valence-electron chi connectivity index (χ3n) is 4.68. The Morgan fingerprint density at radius 3 is 2.29 bits per heavy atom. The van der Waals surface area contributed by atoms with Crippen molar-refractivity contribution in [2.75, 3.05) is 0 Å². The van der Waals surface area contributed by atoms with Crippen molar-refractivity contribution in [2.45, 2.75) is 50.4 Å². The van der Waals surface area contributed by atoms with Gasteiger partial charge in [0.1, 0.15) is 0 Å². The summed E-state index contributed by atoms with van der Waals surface area (Å²) in [4.78, 5) is 11.6. The summed E-state index contributed by atoms with van der Waals surface area (Å²) >= 11 is 1.32. The summed E-state index contributed by atoms with van der Waals surface area (Å²) in [7, 11) is 0. The summed E-state index contributed by atoms with van der Waals surface area (Å²) in [5.41, 5.74) is 9.87. The Hall–Kier alpha value is -2.60. The van der Waals surface area contributed by atoms with Crippen molar-refractivity contribution < 1.29 is 4.79 Å². The number of amides is 1. The zero-order chi connectivity index (χ0) is 20.5. The first-order valence-electron chi connectivity index (χ1n) is 9.27. The van der Waals surface area contributed by atoms with Crippen molar-refractivity contribution in [3.05, 3.63) is 59.7 Å². The maximum absolute atomic E-state index is 11.6. The third kappa shape index (κ3) is 4.12. The molecule has 0 aliphatic carbocycles. The largest absolute Gasteiger partial charge is 0.369 e. The van der Waals surface area contributed by atoms with Gasteiger partial charge in [0.15, 0.2) is 11.0 Å². The molecule has 6 heteroatoms. The Labute approximate surface area is 170 Å². The number of rotatable bonds is 5. The van der Waals surface area contributed by atoms with E-state index in [9.17, 15) is 4.79 Å². The minimum absolute atomic E-state index is 0.0835. The summed E-state index contributed by atoms with van der Waals surface area (Å²) in [6.07, 6.45) is 0. The molecule has 0 bridgehead atoms. The van der Waals surface area contributed by atoms with Gasteiger partial charge in [-0.2, -0.15) is 0 Å². The molecule has 2 N–H and O–H groups in total. The number of nitrogens with zero attached hydrogens (tertiary/aromatic N) is 3. The van der Waals surface area contributed by atoms with Crippen LogP contribution in [0.15, 0.2) is 53.7 Å². The van der Waals surface area contributed by atoms with Crippen LogP contribution in [-0.2, 0) is 10.2 Å². The van der Waals surface area contributed by atoms with Crippen LogP contribution in [0.1, 0.15) is 38.8 Å². The number of primary amides is 1. The Morgan fingerprint density at radius 2 is 1.71 bits per heavy atom. The standard InChI is InChI=1S/C22H26N4OS/c1-14-8-6-7-9-18(14)26-20(24-25-21(26)28-15(2)19(23)27)16-10-12-17(13-11-16)22(3,4)5/h6-13,15H,1-5H3,(H2,23,27)/t15-/m1/s1. The van der Waals surface area contributed by atoms with Gasteiger partial charge in [-0.1, -0.05) is 75.0 Å². The van der Waals surface area contributed by atoms with E-state index in [0.29, 0.717) is 5.16 Å². The summed E-state index contributed by atoms with van der Waals surface area (Å²) in [5, 5.41) is 9.07. The highest BCUT2D eigenvalue weighted by Crippen LogP contribution is 2.32. The molecule has 2 aromatic carbocycles. The SMILES string of the molecule is Cc1ccccc1-n1c(S[C@H](C)C(N)=O)nnc1-c1ccc(C(C)(C)C)cc1. The fourth-order valence-electron chi connectivity index (χ4n) is 2.90. The molecular weight excluding hydrogens is 368 g/mol. The van der Waals surface area contributed by atoms with Crippen LogP contribution < -0.4 is 5.73 Å². The maximum Gasteiger partial charge on any atom is 0.230 e. The number of carbonyl (C=O) groups is 1. The first-order valence-corrected chi connectivity index (χ1v) is 10.1. The molecule has 0 saturated carbocycles. The highest BCUT2D eigenvalue weighted by atomic mass is 32.2. The molecule has 0 radical (unpaired) electrons. The van der Waals surface area contributed by atoms with Gasteiger partial charge in [0.2, 0.25) is 5.91 Å². The number of nitrogens with two attached hydrogens (primary N) is 1. The van der Waals surface area contributed by atoms with E-state index < -0.39 is 5.25 Å². The lowest BCUT2D eigenvalue weighted by Crippen LogP contribution is -2.23. The minimum Gasteiger partial charge on any atom is -0.369 e. The molecule has 5 nitrogen and oxygen atoms in total. The van der Waals surface area contributed by atoms with Crippen molar-refractivity contribution in [2.24, 2.45) is 5.73 Å². The number of aromatic nitrogens is 3. The van der Waals surface area contributed by atoms with Gasteiger partial charge in [0, 0.05) is 5.56 Å². The van der Waals surface area contributed by atoms with Crippen LogP contribution in [0.4, 0.5) is 0 Å². The predicted molar refractivity (Wildman–Crippen MR) is 115 cm³/mol. The van der Waals surface area contributed by atoms with Crippen molar-refractivity contribution >= 4 is 17.7 Å². The highest BCUT2D eigenvalue weighted by Gasteiger charge is 2.22. The van der Waals surface area contributed by atoms with Gasteiger partial charge in [0.25, 0.3) is 0 Å². The lowest BCUT2D eigenvalue weighted by Gasteiger charge is -2.19. The number of thioether (sulfide) groups is 1. The Kier molecular flexibility index (Phi) is 5.61. The fraction of sp³-hybridized carbons (Fsp3) is 0.318. The van der Waals surface area contributed by atoms with E-state index in [4.69, 9.17) is 5.73 Å². The first-order chi connectivity index (χ1) is 13.2. The molecule has 0 spiro atoms. The molecule has 1 atom stereocenters. The monoisotopic (exact) mass is 394 g/mol. The van der Waals surface area contributed by atoms with E-state index in [2.05, 4.69) is 55.2 Å². The molecule has 3 aromatic rings. The van der Waals surface area contributed by atoms with Crippen LogP contribution >= 0.6 is 11.8 Å². The normalized spacial score (nSPS) is 12.8. The molecule has 1 aromatic heterocycles. The fourth-order valence-corrected chi connectivity index (χ4v) is 3.71. The van der Waals surface area contributed by atoms with Crippen LogP contribution in [-0.4, -0.2) is 25.9 Å². The molecule has 28 heavy (non-hydrogen) atoms. The van der Waals surface area contributed by atoms with E-state index in [1.54, 1.807) is 6.92 Å². The van der Waals surface area contributed by atoms with Crippen molar-refractivity contribution in [1.29, 1.82) is 0 Å². The van der Waals surface area contributed by atoms with Gasteiger partial charge in [-0.05, 0) is 36.5 Å². The van der Waals surface area contributed by atoms with Crippen LogP contribution in [0.3, 0.4) is 0 Å². The molecule has 0 unspecified atom stereocenters. The van der Waals surface area contributed by atoms with Crippen LogP contribution in [0.2, 0.25) is 0 Å². The highest BCUT2D eigenvalue weighted by molar-refractivity contribution is 8.00. The molecule has 146 valence electrons. The Morgan fingerprint density at radius 1 is 1.07 bits per heavy atom. The van der Waals surface area contributed by atoms with Gasteiger partial charge < -0.3 is 5.73 Å². The second kappa shape index (κ2) is 7.80. The van der Waals surface area contributed by atoms with Gasteiger partial charge in [0.05, 0.1) is 10.9 Å². The topological polar surface area (TPSA) is 73.8 Å². The van der Waals surface area contributed by atoms with Gasteiger partial charge in [-0.3, -0.25) is 9.36 Å². The van der Waals surface area contributed by atoms with E-state index in [-0.39, 0.29) is 11.3 Å². The van der Waals surface area contributed by atoms with Gasteiger partial charge >= 0.3 is 0 Å². The molecule has 0 saturated heterocycles. The minimum atomic E-state index is -0.400. The molecule has 0 fully saturated rings. The zero-order valence-corrected chi connectivity index (χ0v) is 17.7. The first kappa shape index (κ1) is 20.1. The second-order valence-electron chi connectivity index (χ2n) is 7.92. The van der Waals surface area contributed by atoms with Crippen LogP contribution in [0.25, 0.3) is 17.1 Å². The zero-order valence-electron chi connectivity index (χ0n) is 16.9. The number of hydrogen-bond acceptors (Lipinski definition) is 4. The van der Waals surface area contributed by atoms with E-state index in [1.807, 2.05) is 35.8 Å². The number of hydrogen-bond donors (Lipinski definition) is 1. The summed E-state index contributed by atoms with van der Waals surface area (Å²) in [6.45, 7) is 10.4. The average molecular weight is 395 g/mol. The number of aryl methyl sites for hydroxylation is 1. The summed E-state index contributed by atoms with van der Waals surface area (Å²) in [6, 6.07) is 16.5. The van der Waals surface area contributed by atoms with Crippen molar-refractivity contribution in [3.63, 3.8) is 0 Å². The predicted octanol–water partition coefficient (Wildman–Crippen LogP) is 4.51. The third-order valence-corrected chi connectivity index (χ3v) is 5.74. The summed E-state index contributed by atoms with van der Waals surface area (Å²) < 4.78 is 2.01. The molecule has 1 amide bonds. The van der Waals surface area contributed by atoms with Crippen molar-refractivity contribution in [3.8, 4) is 17.1 Å². The number of carbonyl (C=O) groups excluding carboxylic acids is 1. The van der Waals surface area contributed by atoms with E-state index >= 15 is 0 Å². The average Bonchev–Trinajstić information content (AvgIpc) is 3.04. The smallest absolute Gasteiger partial charge is 0.230 e. The van der Waals surface area contributed by atoms with E-state index in [0.717, 1.165) is 22.6 Å². The summed E-state index contributed by atoms with van der Waals surface area (Å²) in [5.74, 6) is 0.370.